The minimum atomic E-state index is -4.63. The average Bonchev–Trinajstić information content (AvgIpc) is 3.30. The first-order chi connectivity index (χ1) is 18.1. The molecule has 0 aliphatic heterocycles. The molecule has 4 rings (SSSR count). The van der Waals surface area contributed by atoms with E-state index in [1.54, 1.807) is 20.0 Å². The largest absolute Gasteiger partial charge is 0.433 e. The van der Waals surface area contributed by atoms with Gasteiger partial charge in [0.15, 0.2) is 0 Å². The lowest BCUT2D eigenvalue weighted by Crippen LogP contribution is -2.36. The van der Waals surface area contributed by atoms with Gasteiger partial charge in [-0.15, -0.1) is 0 Å². The van der Waals surface area contributed by atoms with Crippen LogP contribution in [0.25, 0.3) is 22.2 Å². The predicted molar refractivity (Wildman–Crippen MR) is 143 cm³/mol. The maximum absolute atomic E-state index is 13.7. The van der Waals surface area contributed by atoms with Gasteiger partial charge in [0.1, 0.15) is 17.2 Å². The number of amidine groups is 1. The number of benzene rings is 1. The van der Waals surface area contributed by atoms with Crippen molar-refractivity contribution >= 4 is 23.1 Å². The molecule has 1 fully saturated rings. The second-order valence-corrected chi connectivity index (χ2v) is 9.35. The Labute approximate surface area is 220 Å². The van der Waals surface area contributed by atoms with E-state index in [1.807, 2.05) is 32.0 Å². The van der Waals surface area contributed by atoms with Crippen LogP contribution in [0, 0.1) is 16.7 Å². The van der Waals surface area contributed by atoms with Crippen molar-refractivity contribution in [3.8, 4) is 11.3 Å². The number of hydrogen-bond donors (Lipinski definition) is 5. The lowest BCUT2D eigenvalue weighted by Gasteiger charge is -2.36. The Hall–Kier alpha value is -3.31. The molecule has 2 unspecified atom stereocenters. The van der Waals surface area contributed by atoms with E-state index >= 15 is 0 Å². The maximum Gasteiger partial charge on any atom is 0.433 e. The molecule has 0 bridgehead atoms. The summed E-state index contributed by atoms with van der Waals surface area (Å²) < 4.78 is 41.1. The summed E-state index contributed by atoms with van der Waals surface area (Å²) in [5, 5.41) is 36.1. The summed E-state index contributed by atoms with van der Waals surface area (Å²) >= 11 is 0. The van der Waals surface area contributed by atoms with Gasteiger partial charge in [0, 0.05) is 37.0 Å². The highest BCUT2D eigenvalue weighted by atomic mass is 19.4. The summed E-state index contributed by atoms with van der Waals surface area (Å²) in [7, 11) is 1.67. The molecule has 0 amide bonds. The molecule has 2 aromatic heterocycles. The molecule has 1 aliphatic rings. The average molecular weight is 532 g/mol. The lowest BCUT2D eigenvalue weighted by atomic mass is 9.72. The smallest absolute Gasteiger partial charge is 0.392 e. The van der Waals surface area contributed by atoms with Crippen LogP contribution in [0.4, 0.5) is 13.2 Å². The Morgan fingerprint density at radius 3 is 2.58 bits per heavy atom. The number of nitrogens with one attached hydrogen (secondary N) is 4. The van der Waals surface area contributed by atoms with Crippen molar-refractivity contribution in [1.29, 1.82) is 10.8 Å². The standard InChI is InChI=1S/C25H30F3N7O.C2H6/c1-14(36)11-31-12-19-23-18(10-20(32-19)25(26,27)28)22(33-34-23)17-8-4-7-16(9-17)21(15-5-3-6-15)24(30)35(2)13-29;1-2/h4,7-10,13-15,21,29-31,36H,3,5-6,11-12H2,1-2H3,(H,33,34);1-2H3. The van der Waals surface area contributed by atoms with Crippen molar-refractivity contribution in [2.45, 2.75) is 64.8 Å². The lowest BCUT2D eigenvalue weighted by molar-refractivity contribution is -0.141. The number of H-pyrrole nitrogens is 1. The van der Waals surface area contributed by atoms with Gasteiger partial charge in [0.25, 0.3) is 0 Å². The number of likely N-dealkylation sites (N-methyl/N-ethyl adjacent to an activating group) is 1. The summed E-state index contributed by atoms with van der Waals surface area (Å²) in [5.74, 6) is 0.371. The van der Waals surface area contributed by atoms with Crippen molar-refractivity contribution in [3.63, 3.8) is 0 Å². The van der Waals surface area contributed by atoms with E-state index < -0.39 is 18.0 Å². The van der Waals surface area contributed by atoms with Crippen LogP contribution >= 0.6 is 0 Å². The second-order valence-electron chi connectivity index (χ2n) is 9.35. The van der Waals surface area contributed by atoms with Crippen molar-refractivity contribution in [2.75, 3.05) is 13.6 Å². The quantitative estimate of drug-likeness (QED) is 0.183. The van der Waals surface area contributed by atoms with E-state index in [2.05, 4.69) is 20.5 Å². The van der Waals surface area contributed by atoms with Gasteiger partial charge in [0.2, 0.25) is 0 Å². The molecule has 1 aliphatic carbocycles. The number of hydrogen-bond acceptors (Lipinski definition) is 6. The van der Waals surface area contributed by atoms with Crippen molar-refractivity contribution < 1.29 is 18.3 Å². The van der Waals surface area contributed by atoms with Crippen LogP contribution in [0.3, 0.4) is 0 Å². The fourth-order valence-electron chi connectivity index (χ4n) is 4.57. The molecule has 1 saturated carbocycles. The minimum absolute atomic E-state index is 0.0316. The number of rotatable bonds is 9. The molecule has 0 saturated heterocycles. The summed E-state index contributed by atoms with van der Waals surface area (Å²) in [5.41, 5.74) is 1.43. The number of nitrogens with zero attached hydrogens (tertiary/aromatic N) is 3. The Bertz CT molecular complexity index is 1250. The van der Waals surface area contributed by atoms with Crippen LogP contribution in [-0.2, 0) is 12.7 Å². The van der Waals surface area contributed by atoms with Crippen LogP contribution in [-0.4, -0.2) is 57.1 Å². The Morgan fingerprint density at radius 1 is 1.29 bits per heavy atom. The zero-order valence-electron chi connectivity index (χ0n) is 22.2. The fourth-order valence-corrected chi connectivity index (χ4v) is 4.57. The highest BCUT2D eigenvalue weighted by molar-refractivity contribution is 5.96. The van der Waals surface area contributed by atoms with Crippen LogP contribution < -0.4 is 5.32 Å². The molecule has 206 valence electrons. The minimum Gasteiger partial charge on any atom is -0.392 e. The first-order valence-electron chi connectivity index (χ1n) is 12.9. The van der Waals surface area contributed by atoms with E-state index in [1.165, 1.54) is 4.90 Å². The molecule has 2 atom stereocenters. The highest BCUT2D eigenvalue weighted by Gasteiger charge is 2.35. The molecule has 0 radical (unpaired) electrons. The predicted octanol–water partition coefficient (Wildman–Crippen LogP) is 5.54. The first kappa shape index (κ1) is 29.2. The normalized spacial score (nSPS) is 15.3. The molecule has 11 heteroatoms. The van der Waals surface area contributed by atoms with Crippen molar-refractivity contribution in [3.05, 3.63) is 47.3 Å². The fraction of sp³-hybridized carbons (Fsp3) is 0.481. The number of aliphatic hydroxyl groups excluding tert-OH is 1. The van der Waals surface area contributed by atoms with Gasteiger partial charge in [-0.1, -0.05) is 38.5 Å². The topological polar surface area (TPSA) is 125 Å². The van der Waals surface area contributed by atoms with Gasteiger partial charge in [-0.25, -0.2) is 4.98 Å². The number of aromatic nitrogens is 3. The van der Waals surface area contributed by atoms with E-state index in [-0.39, 0.29) is 30.6 Å². The third-order valence-corrected chi connectivity index (χ3v) is 6.66. The van der Waals surface area contributed by atoms with E-state index in [0.717, 1.165) is 37.2 Å². The molecular formula is C27H36F3N7O. The van der Waals surface area contributed by atoms with E-state index in [4.69, 9.17) is 10.8 Å². The molecule has 8 nitrogen and oxygen atoms in total. The third-order valence-electron chi connectivity index (χ3n) is 6.66. The van der Waals surface area contributed by atoms with Gasteiger partial charge >= 0.3 is 6.18 Å². The van der Waals surface area contributed by atoms with Crippen LogP contribution in [0.2, 0.25) is 0 Å². The van der Waals surface area contributed by atoms with Crippen LogP contribution in [0.15, 0.2) is 30.3 Å². The summed E-state index contributed by atoms with van der Waals surface area (Å²) in [4.78, 5) is 5.30. The summed E-state index contributed by atoms with van der Waals surface area (Å²) in [6.07, 6.45) is -1.12. The summed E-state index contributed by atoms with van der Waals surface area (Å²) in [6, 6.07) is 8.42. The maximum atomic E-state index is 13.7. The molecule has 0 spiro atoms. The number of aromatic amines is 1. The Balaban J connectivity index is 0.00000195. The van der Waals surface area contributed by atoms with E-state index in [9.17, 15) is 18.3 Å². The number of aliphatic hydroxyl groups is 1. The van der Waals surface area contributed by atoms with Gasteiger partial charge in [-0.2, -0.15) is 18.3 Å². The molecular weight excluding hydrogens is 495 g/mol. The van der Waals surface area contributed by atoms with Crippen molar-refractivity contribution in [2.24, 2.45) is 5.92 Å². The van der Waals surface area contributed by atoms with E-state index in [0.29, 0.717) is 28.0 Å². The molecule has 5 N–H and O–H groups in total. The first-order valence-corrected chi connectivity index (χ1v) is 12.9. The van der Waals surface area contributed by atoms with Gasteiger partial charge in [-0.3, -0.25) is 15.9 Å². The zero-order valence-corrected chi connectivity index (χ0v) is 22.2. The molecule has 2 heterocycles. The van der Waals surface area contributed by atoms with Crippen molar-refractivity contribution in [1.82, 2.24) is 25.4 Å². The molecule has 3 aromatic rings. The number of halogens is 3. The van der Waals surface area contributed by atoms with Gasteiger partial charge in [-0.05, 0) is 43.4 Å². The highest BCUT2D eigenvalue weighted by Crippen LogP contribution is 2.42. The zero-order chi connectivity index (χ0) is 28.0. The Kier molecular flexibility index (Phi) is 9.61. The monoisotopic (exact) mass is 531 g/mol. The number of fused-ring (bicyclic) bond motifs is 1. The van der Waals surface area contributed by atoms with Gasteiger partial charge in [0.05, 0.1) is 23.7 Å². The SMILES string of the molecule is CC.CC(O)CNCc1nc(C(F)(F)F)cc2c(-c3cccc(C(C(=N)N(C)C=N)C4CCC4)c3)n[nH]c12. The Morgan fingerprint density at radius 2 is 2.00 bits per heavy atom. The number of pyridine rings is 1. The molecule has 1 aromatic carbocycles. The number of alkyl halides is 3. The summed E-state index contributed by atoms with van der Waals surface area (Å²) in [6.45, 7) is 5.82. The second kappa shape index (κ2) is 12.5. The van der Waals surface area contributed by atoms with Gasteiger partial charge < -0.3 is 15.3 Å². The molecule has 38 heavy (non-hydrogen) atoms. The third kappa shape index (κ3) is 6.39. The van der Waals surface area contributed by atoms with Crippen LogP contribution in [0.5, 0.6) is 0 Å². The van der Waals surface area contributed by atoms with Crippen LogP contribution in [0.1, 0.15) is 62.9 Å².